The van der Waals surface area contributed by atoms with Crippen LogP contribution in [0.5, 0.6) is 0 Å². The third-order valence-electron chi connectivity index (χ3n) is 6.57. The van der Waals surface area contributed by atoms with Gasteiger partial charge in [0.15, 0.2) is 0 Å². The van der Waals surface area contributed by atoms with Crippen molar-refractivity contribution in [1.29, 1.82) is 0 Å². The molecule has 0 bridgehead atoms. The highest BCUT2D eigenvalue weighted by molar-refractivity contribution is 5.79. The Hall–Kier alpha value is -0.570. The standard InChI is InChI=1S/C17H30N2O/c1-17(2)14(18)10-15(17)19-16(20)13-8-7-11-5-3-4-6-12(11)9-13/h11-15H,3-10,18H2,1-2H3,(H,19,20). The molecule has 0 aliphatic heterocycles. The van der Waals surface area contributed by atoms with Gasteiger partial charge in [-0.1, -0.05) is 39.5 Å². The van der Waals surface area contributed by atoms with Gasteiger partial charge < -0.3 is 11.1 Å². The Bertz CT molecular complexity index is 379. The third kappa shape index (κ3) is 2.49. The first kappa shape index (κ1) is 14.4. The molecule has 3 aliphatic rings. The van der Waals surface area contributed by atoms with E-state index in [1.165, 1.54) is 32.1 Å². The monoisotopic (exact) mass is 278 g/mol. The van der Waals surface area contributed by atoms with Crippen LogP contribution in [0, 0.1) is 23.2 Å². The van der Waals surface area contributed by atoms with E-state index < -0.39 is 0 Å². The van der Waals surface area contributed by atoms with E-state index in [4.69, 9.17) is 5.73 Å². The molecule has 0 radical (unpaired) electrons. The van der Waals surface area contributed by atoms with Gasteiger partial charge in [0.25, 0.3) is 0 Å². The Balaban J connectivity index is 1.53. The second-order valence-electron chi connectivity index (χ2n) is 8.04. The van der Waals surface area contributed by atoms with Crippen LogP contribution >= 0.6 is 0 Å². The lowest BCUT2D eigenvalue weighted by Gasteiger charge is -2.51. The fourth-order valence-electron chi connectivity index (χ4n) is 4.61. The van der Waals surface area contributed by atoms with Crippen molar-refractivity contribution < 1.29 is 4.79 Å². The van der Waals surface area contributed by atoms with Crippen LogP contribution in [-0.4, -0.2) is 18.0 Å². The zero-order valence-corrected chi connectivity index (χ0v) is 13.0. The predicted octanol–water partition coefficient (Wildman–Crippen LogP) is 2.83. The normalized spacial score (nSPS) is 43.2. The quantitative estimate of drug-likeness (QED) is 0.816. The molecule has 3 heteroatoms. The minimum Gasteiger partial charge on any atom is -0.352 e. The smallest absolute Gasteiger partial charge is 0.223 e. The number of carbonyl (C=O) groups excluding carboxylic acids is 1. The molecule has 0 aromatic heterocycles. The molecule has 3 aliphatic carbocycles. The Morgan fingerprint density at radius 2 is 1.75 bits per heavy atom. The largest absolute Gasteiger partial charge is 0.352 e. The van der Waals surface area contributed by atoms with Crippen LogP contribution in [0.15, 0.2) is 0 Å². The van der Waals surface area contributed by atoms with Crippen LogP contribution in [0.1, 0.15) is 65.2 Å². The van der Waals surface area contributed by atoms with E-state index in [-0.39, 0.29) is 23.4 Å². The molecule has 0 heterocycles. The molecule has 3 nitrogen and oxygen atoms in total. The third-order valence-corrected chi connectivity index (χ3v) is 6.57. The van der Waals surface area contributed by atoms with Crippen molar-refractivity contribution in [1.82, 2.24) is 5.32 Å². The summed E-state index contributed by atoms with van der Waals surface area (Å²) in [6.45, 7) is 4.34. The average Bonchev–Trinajstić information content (AvgIpc) is 2.46. The molecule has 5 unspecified atom stereocenters. The maximum Gasteiger partial charge on any atom is 0.223 e. The van der Waals surface area contributed by atoms with E-state index >= 15 is 0 Å². The number of nitrogens with two attached hydrogens (primary N) is 1. The summed E-state index contributed by atoms with van der Waals surface area (Å²) >= 11 is 0. The Morgan fingerprint density at radius 1 is 1.05 bits per heavy atom. The number of hydrogen-bond acceptors (Lipinski definition) is 2. The molecule has 3 N–H and O–H groups in total. The van der Waals surface area contributed by atoms with Gasteiger partial charge in [-0.15, -0.1) is 0 Å². The molecular formula is C17H30N2O. The Morgan fingerprint density at radius 3 is 2.40 bits per heavy atom. The predicted molar refractivity (Wildman–Crippen MR) is 81.1 cm³/mol. The maximum absolute atomic E-state index is 12.5. The van der Waals surface area contributed by atoms with Gasteiger partial charge in [-0.05, 0) is 37.5 Å². The summed E-state index contributed by atoms with van der Waals surface area (Å²) in [5.74, 6) is 2.31. The molecular weight excluding hydrogens is 248 g/mol. The number of rotatable bonds is 2. The van der Waals surface area contributed by atoms with E-state index in [1.54, 1.807) is 0 Å². The lowest BCUT2D eigenvalue weighted by atomic mass is 9.63. The van der Waals surface area contributed by atoms with Gasteiger partial charge >= 0.3 is 0 Å². The van der Waals surface area contributed by atoms with Gasteiger partial charge in [0.1, 0.15) is 0 Å². The van der Waals surface area contributed by atoms with Crippen LogP contribution in [0.2, 0.25) is 0 Å². The Labute approximate surface area is 123 Å². The van der Waals surface area contributed by atoms with Crippen LogP contribution in [0.3, 0.4) is 0 Å². The summed E-state index contributed by atoms with van der Waals surface area (Å²) in [5.41, 5.74) is 6.10. The number of nitrogens with one attached hydrogen (secondary N) is 1. The molecule has 0 spiro atoms. The SMILES string of the molecule is CC1(C)C(N)CC1NC(=O)C1CCC2CCCCC2C1. The lowest BCUT2D eigenvalue weighted by molar-refractivity contribution is -0.130. The van der Waals surface area contributed by atoms with E-state index in [1.807, 2.05) is 0 Å². The Kier molecular flexibility index (Phi) is 3.83. The van der Waals surface area contributed by atoms with Crippen molar-refractivity contribution in [3.05, 3.63) is 0 Å². The fourth-order valence-corrected chi connectivity index (χ4v) is 4.61. The molecule has 3 fully saturated rings. The summed E-state index contributed by atoms with van der Waals surface area (Å²) in [4.78, 5) is 12.5. The maximum atomic E-state index is 12.5. The van der Waals surface area contributed by atoms with Crippen molar-refractivity contribution in [2.45, 2.75) is 77.3 Å². The molecule has 0 aromatic rings. The van der Waals surface area contributed by atoms with Crippen molar-refractivity contribution in [3.8, 4) is 0 Å². The average molecular weight is 278 g/mol. The first-order chi connectivity index (χ1) is 9.48. The number of fused-ring (bicyclic) bond motifs is 1. The van der Waals surface area contributed by atoms with Gasteiger partial charge in [0, 0.05) is 23.4 Å². The second kappa shape index (κ2) is 5.32. The number of hydrogen-bond donors (Lipinski definition) is 2. The van der Waals surface area contributed by atoms with Gasteiger partial charge in [-0.25, -0.2) is 0 Å². The van der Waals surface area contributed by atoms with Crippen molar-refractivity contribution in [2.75, 3.05) is 0 Å². The summed E-state index contributed by atoms with van der Waals surface area (Å²) < 4.78 is 0. The van der Waals surface area contributed by atoms with Crippen LogP contribution in [0.4, 0.5) is 0 Å². The topological polar surface area (TPSA) is 55.1 Å². The highest BCUT2D eigenvalue weighted by atomic mass is 16.2. The van der Waals surface area contributed by atoms with Gasteiger partial charge in [-0.2, -0.15) is 0 Å². The molecule has 20 heavy (non-hydrogen) atoms. The summed E-state index contributed by atoms with van der Waals surface area (Å²) in [5, 5.41) is 3.28. The highest BCUT2D eigenvalue weighted by Crippen LogP contribution is 2.43. The van der Waals surface area contributed by atoms with Gasteiger partial charge in [0.2, 0.25) is 5.91 Å². The first-order valence-corrected chi connectivity index (χ1v) is 8.54. The van der Waals surface area contributed by atoms with Crippen molar-refractivity contribution in [3.63, 3.8) is 0 Å². The lowest BCUT2D eigenvalue weighted by Crippen LogP contribution is -2.65. The molecule has 0 saturated heterocycles. The van der Waals surface area contributed by atoms with E-state index in [0.717, 1.165) is 31.1 Å². The van der Waals surface area contributed by atoms with E-state index in [2.05, 4.69) is 19.2 Å². The molecule has 1 amide bonds. The first-order valence-electron chi connectivity index (χ1n) is 8.54. The van der Waals surface area contributed by atoms with Crippen LogP contribution in [-0.2, 0) is 4.79 Å². The van der Waals surface area contributed by atoms with Crippen LogP contribution < -0.4 is 11.1 Å². The van der Waals surface area contributed by atoms with Gasteiger partial charge in [-0.3, -0.25) is 4.79 Å². The van der Waals surface area contributed by atoms with Crippen molar-refractivity contribution in [2.24, 2.45) is 28.9 Å². The summed E-state index contributed by atoms with van der Waals surface area (Å²) in [6, 6.07) is 0.524. The summed E-state index contributed by atoms with van der Waals surface area (Å²) in [6.07, 6.45) is 10.00. The zero-order valence-electron chi connectivity index (χ0n) is 13.0. The van der Waals surface area contributed by atoms with E-state index in [9.17, 15) is 4.79 Å². The van der Waals surface area contributed by atoms with Crippen LogP contribution in [0.25, 0.3) is 0 Å². The molecule has 3 saturated carbocycles. The fraction of sp³-hybridized carbons (Fsp3) is 0.941. The summed E-state index contributed by atoms with van der Waals surface area (Å²) in [7, 11) is 0. The highest BCUT2D eigenvalue weighted by Gasteiger charge is 2.47. The minimum absolute atomic E-state index is 0.0672. The second-order valence-corrected chi connectivity index (χ2v) is 8.04. The number of amides is 1. The van der Waals surface area contributed by atoms with Crippen molar-refractivity contribution >= 4 is 5.91 Å². The molecule has 3 rings (SSSR count). The zero-order chi connectivity index (χ0) is 14.3. The van der Waals surface area contributed by atoms with Gasteiger partial charge in [0.05, 0.1) is 0 Å². The van der Waals surface area contributed by atoms with E-state index in [0.29, 0.717) is 5.91 Å². The molecule has 5 atom stereocenters. The minimum atomic E-state index is 0.0672. The number of carbonyl (C=O) groups is 1. The molecule has 114 valence electrons. The molecule has 0 aromatic carbocycles.